The molecule has 0 N–H and O–H groups in total. The molecule has 0 aliphatic heterocycles. The Kier molecular flexibility index (Phi) is 4.55. The van der Waals surface area contributed by atoms with Crippen LogP contribution >= 0.6 is 11.8 Å². The molecule has 0 bridgehead atoms. The van der Waals surface area contributed by atoms with Crippen molar-refractivity contribution in [3.63, 3.8) is 0 Å². The molecular formula is C11H10N2O2S. The molecule has 0 aliphatic rings. The Morgan fingerprint density at radius 3 is 2.69 bits per heavy atom. The van der Waals surface area contributed by atoms with Crippen molar-refractivity contribution in [3.8, 4) is 5.40 Å². The fourth-order valence-corrected chi connectivity index (χ4v) is 1.54. The highest BCUT2D eigenvalue weighted by Gasteiger charge is 2.01. The van der Waals surface area contributed by atoms with Crippen LogP contribution in [0.4, 0.5) is 0 Å². The Labute approximate surface area is 97.7 Å². The van der Waals surface area contributed by atoms with E-state index >= 15 is 0 Å². The minimum absolute atomic E-state index is 0.110. The fourth-order valence-electron chi connectivity index (χ4n) is 1.12. The maximum Gasteiger partial charge on any atom is 0.243 e. The third kappa shape index (κ3) is 3.75. The Morgan fingerprint density at radius 2 is 2.19 bits per heavy atom. The van der Waals surface area contributed by atoms with Gasteiger partial charge in [-0.2, -0.15) is 5.26 Å². The minimum atomic E-state index is -0.417. The van der Waals surface area contributed by atoms with Crippen LogP contribution in [0.25, 0.3) is 6.08 Å². The molecule has 0 fully saturated rings. The zero-order chi connectivity index (χ0) is 12.0. The maximum atomic E-state index is 10.4. The van der Waals surface area contributed by atoms with Crippen molar-refractivity contribution in [2.75, 3.05) is 0 Å². The van der Waals surface area contributed by atoms with Gasteiger partial charge in [-0.25, -0.2) is 0 Å². The topological polar surface area (TPSA) is 66.9 Å². The first-order chi connectivity index (χ1) is 7.63. The Hall–Kier alpha value is -1.80. The Balaban J connectivity index is 2.76. The maximum absolute atomic E-state index is 10.4. The SMILES string of the molecule is CC(=Cc1ccc(CSC#N)cc1)[N+](=O)[O-]. The first-order valence-electron chi connectivity index (χ1n) is 4.56. The predicted molar refractivity (Wildman–Crippen MR) is 64.0 cm³/mol. The summed E-state index contributed by atoms with van der Waals surface area (Å²) in [6, 6.07) is 7.34. The van der Waals surface area contributed by atoms with E-state index in [-0.39, 0.29) is 5.70 Å². The summed E-state index contributed by atoms with van der Waals surface area (Å²) in [7, 11) is 0. The van der Waals surface area contributed by atoms with E-state index in [9.17, 15) is 10.1 Å². The molecule has 1 aromatic carbocycles. The van der Waals surface area contributed by atoms with Crippen molar-refractivity contribution in [1.29, 1.82) is 5.26 Å². The standard InChI is InChI=1S/C11H10N2O2S/c1-9(13(14)15)6-10-2-4-11(5-3-10)7-16-8-12/h2-6H,7H2,1H3. The smallest absolute Gasteiger partial charge is 0.243 e. The molecule has 0 aliphatic carbocycles. The largest absolute Gasteiger partial charge is 0.259 e. The second-order valence-corrected chi connectivity index (χ2v) is 3.92. The number of nitrogens with zero attached hydrogens (tertiary/aromatic N) is 2. The zero-order valence-electron chi connectivity index (χ0n) is 8.71. The van der Waals surface area contributed by atoms with Gasteiger partial charge in [0.25, 0.3) is 0 Å². The molecule has 0 radical (unpaired) electrons. The van der Waals surface area contributed by atoms with Crippen molar-refractivity contribution < 1.29 is 4.92 Å². The average molecular weight is 234 g/mol. The molecular weight excluding hydrogens is 224 g/mol. The lowest BCUT2D eigenvalue weighted by molar-refractivity contribution is -0.422. The van der Waals surface area contributed by atoms with Crippen LogP contribution in [0.15, 0.2) is 30.0 Å². The summed E-state index contributed by atoms with van der Waals surface area (Å²) in [5.41, 5.74) is 1.93. The van der Waals surface area contributed by atoms with Gasteiger partial charge in [0, 0.05) is 18.8 Å². The number of allylic oxidation sites excluding steroid dienone is 1. The summed E-state index contributed by atoms with van der Waals surface area (Å²) < 4.78 is 0. The van der Waals surface area contributed by atoms with Crippen LogP contribution in [0.1, 0.15) is 18.1 Å². The highest BCUT2D eigenvalue weighted by atomic mass is 32.2. The van der Waals surface area contributed by atoms with Gasteiger partial charge in [0.1, 0.15) is 5.40 Å². The summed E-state index contributed by atoms with van der Waals surface area (Å²) in [6.07, 6.45) is 1.52. The molecule has 0 saturated carbocycles. The quantitative estimate of drug-likeness (QED) is 0.456. The first-order valence-corrected chi connectivity index (χ1v) is 5.54. The molecule has 1 aromatic rings. The number of thiocyanates is 1. The van der Waals surface area contributed by atoms with E-state index in [1.165, 1.54) is 24.8 Å². The van der Waals surface area contributed by atoms with E-state index in [4.69, 9.17) is 5.26 Å². The monoisotopic (exact) mass is 234 g/mol. The van der Waals surface area contributed by atoms with E-state index in [0.717, 1.165) is 11.1 Å². The predicted octanol–water partition coefficient (Wildman–Crippen LogP) is 3.04. The highest BCUT2D eigenvalue weighted by molar-refractivity contribution is 8.02. The van der Waals surface area contributed by atoms with Gasteiger partial charge in [-0.05, 0) is 22.9 Å². The van der Waals surface area contributed by atoms with Crippen molar-refractivity contribution in [2.45, 2.75) is 12.7 Å². The molecule has 16 heavy (non-hydrogen) atoms. The van der Waals surface area contributed by atoms with Gasteiger partial charge < -0.3 is 0 Å². The lowest BCUT2D eigenvalue weighted by Gasteiger charge is -1.98. The van der Waals surface area contributed by atoms with Crippen LogP contribution in [0.2, 0.25) is 0 Å². The molecule has 0 aromatic heterocycles. The number of rotatable bonds is 4. The van der Waals surface area contributed by atoms with E-state index in [0.29, 0.717) is 5.75 Å². The van der Waals surface area contributed by atoms with Gasteiger partial charge in [0.15, 0.2) is 0 Å². The normalized spacial score (nSPS) is 10.9. The van der Waals surface area contributed by atoms with Gasteiger partial charge in [-0.3, -0.25) is 10.1 Å². The number of benzene rings is 1. The number of thioether (sulfide) groups is 1. The summed E-state index contributed by atoms with van der Waals surface area (Å²) in [6.45, 7) is 1.46. The summed E-state index contributed by atoms with van der Waals surface area (Å²) in [4.78, 5) is 9.99. The Morgan fingerprint density at radius 1 is 1.56 bits per heavy atom. The number of nitriles is 1. The second-order valence-electron chi connectivity index (χ2n) is 3.16. The van der Waals surface area contributed by atoms with Crippen LogP contribution < -0.4 is 0 Å². The van der Waals surface area contributed by atoms with Gasteiger partial charge in [-0.1, -0.05) is 24.3 Å². The molecule has 0 amide bonds. The van der Waals surface area contributed by atoms with Gasteiger partial charge in [-0.15, -0.1) is 0 Å². The molecule has 0 atom stereocenters. The molecule has 4 nitrogen and oxygen atoms in total. The second kappa shape index (κ2) is 5.93. The van der Waals surface area contributed by atoms with E-state index < -0.39 is 4.92 Å². The van der Waals surface area contributed by atoms with E-state index in [1.54, 1.807) is 12.1 Å². The zero-order valence-corrected chi connectivity index (χ0v) is 9.53. The molecule has 0 unspecified atom stereocenters. The van der Waals surface area contributed by atoms with Crippen LogP contribution in [-0.4, -0.2) is 4.92 Å². The van der Waals surface area contributed by atoms with Gasteiger partial charge >= 0.3 is 0 Å². The lowest BCUT2D eigenvalue weighted by Crippen LogP contribution is -1.92. The minimum Gasteiger partial charge on any atom is -0.259 e. The van der Waals surface area contributed by atoms with Crippen LogP contribution in [-0.2, 0) is 5.75 Å². The fraction of sp³-hybridized carbons (Fsp3) is 0.182. The lowest BCUT2D eigenvalue weighted by atomic mass is 10.1. The first kappa shape index (κ1) is 12.3. The van der Waals surface area contributed by atoms with Gasteiger partial charge in [0.2, 0.25) is 5.70 Å². The van der Waals surface area contributed by atoms with Crippen molar-refractivity contribution in [3.05, 3.63) is 51.2 Å². The summed E-state index contributed by atoms with van der Waals surface area (Å²) in [5.74, 6) is 0.634. The molecule has 82 valence electrons. The molecule has 5 heteroatoms. The van der Waals surface area contributed by atoms with E-state index in [1.807, 2.05) is 17.5 Å². The van der Waals surface area contributed by atoms with Crippen molar-refractivity contribution >= 4 is 17.8 Å². The van der Waals surface area contributed by atoms with E-state index in [2.05, 4.69) is 0 Å². The van der Waals surface area contributed by atoms with Crippen molar-refractivity contribution in [1.82, 2.24) is 0 Å². The van der Waals surface area contributed by atoms with Gasteiger partial charge in [0.05, 0.1) is 4.92 Å². The van der Waals surface area contributed by atoms with Crippen molar-refractivity contribution in [2.24, 2.45) is 0 Å². The molecule has 1 rings (SSSR count). The molecule has 0 spiro atoms. The van der Waals surface area contributed by atoms with Crippen LogP contribution in [0, 0.1) is 20.8 Å². The molecule has 0 saturated heterocycles. The molecule has 0 heterocycles. The third-order valence-electron chi connectivity index (χ3n) is 1.95. The summed E-state index contributed by atoms with van der Waals surface area (Å²) in [5, 5.41) is 20.8. The highest BCUT2D eigenvalue weighted by Crippen LogP contribution is 2.13. The van der Waals surface area contributed by atoms with Crippen LogP contribution in [0.3, 0.4) is 0 Å². The summed E-state index contributed by atoms with van der Waals surface area (Å²) >= 11 is 1.17. The number of hydrogen-bond acceptors (Lipinski definition) is 4. The third-order valence-corrected chi connectivity index (χ3v) is 2.55. The number of hydrogen-bond donors (Lipinski definition) is 0. The average Bonchev–Trinajstić information content (AvgIpc) is 2.28. The van der Waals surface area contributed by atoms with Crippen LogP contribution in [0.5, 0.6) is 0 Å². The number of nitro groups is 1. The Bertz CT molecular complexity index is 446.